The van der Waals surface area contributed by atoms with Crippen LogP contribution >= 0.6 is 0 Å². The van der Waals surface area contributed by atoms with Gasteiger partial charge in [0.1, 0.15) is 10.1 Å². The maximum atomic E-state index is 12.4. The van der Waals surface area contributed by atoms with Crippen LogP contribution in [0.15, 0.2) is 75.5 Å². The molecule has 0 aliphatic heterocycles. The van der Waals surface area contributed by atoms with E-state index in [0.29, 0.717) is 11.1 Å². The quantitative estimate of drug-likeness (QED) is 0.238. The molecule has 238 valence electrons. The number of aryl methyl sites for hydroxylation is 1. The molecule has 2 atom stereocenters. The Labute approximate surface area is 273 Å². The first-order valence-electron chi connectivity index (χ1n) is 14.7. The van der Waals surface area contributed by atoms with Gasteiger partial charge in [-0.3, -0.25) is 9.98 Å². The Morgan fingerprint density at radius 2 is 1.09 bits per heavy atom. The summed E-state index contributed by atoms with van der Waals surface area (Å²) in [7, 11) is -4.27. The fourth-order valence-corrected chi connectivity index (χ4v) is 5.20. The Kier molecular flexibility index (Phi) is 13.0. The zero-order valence-electron chi connectivity index (χ0n) is 26.6. The molecule has 0 spiro atoms. The zero-order chi connectivity index (χ0) is 32.0. The van der Waals surface area contributed by atoms with Crippen LogP contribution < -0.4 is 10.2 Å². The average molecular weight is 663 g/mol. The molecule has 1 fully saturated rings. The second-order valence-corrected chi connectivity index (χ2v) is 14.6. The topological polar surface area (TPSA) is 128 Å². The molecule has 0 aromatic heterocycles. The second kappa shape index (κ2) is 15.3. The number of nitrogens with zero attached hydrogens (tertiary/aromatic N) is 2. The summed E-state index contributed by atoms with van der Waals surface area (Å²) in [5.74, 6) is -0.0137. The van der Waals surface area contributed by atoms with Crippen molar-refractivity contribution in [3.05, 3.63) is 88.5 Å². The van der Waals surface area contributed by atoms with Crippen LogP contribution in [0.3, 0.4) is 0 Å². The van der Waals surface area contributed by atoms with Crippen molar-refractivity contribution in [3.8, 4) is 11.5 Å². The third-order valence-electron chi connectivity index (χ3n) is 7.57. The van der Waals surface area contributed by atoms with E-state index in [0.717, 1.165) is 42.4 Å². The van der Waals surface area contributed by atoms with Gasteiger partial charge in [0, 0.05) is 12.4 Å². The Hall–Kier alpha value is -2.98. The van der Waals surface area contributed by atoms with Gasteiger partial charge < -0.3 is 14.8 Å². The Bertz CT molecular complexity index is 1470. The maximum absolute atomic E-state index is 12.4. The van der Waals surface area contributed by atoms with E-state index >= 15 is 0 Å². The molecular formula is C35H43CoN2O5S. The molecule has 3 aromatic rings. The van der Waals surface area contributed by atoms with Gasteiger partial charge in [-0.25, -0.2) is 8.42 Å². The minimum absolute atomic E-state index is 0. The summed E-state index contributed by atoms with van der Waals surface area (Å²) in [6.45, 7) is 14.6. The van der Waals surface area contributed by atoms with Gasteiger partial charge in [0.05, 0.1) is 17.0 Å². The van der Waals surface area contributed by atoms with Crippen LogP contribution in [-0.4, -0.2) is 37.5 Å². The van der Waals surface area contributed by atoms with Crippen LogP contribution in [0.25, 0.3) is 0 Å². The molecule has 0 saturated heterocycles. The van der Waals surface area contributed by atoms with Crippen molar-refractivity contribution in [2.45, 2.75) is 102 Å². The minimum Gasteiger partial charge on any atom is -0.872 e. The summed E-state index contributed by atoms with van der Waals surface area (Å²) in [6, 6.07) is 16.8. The molecule has 0 unspecified atom stereocenters. The molecule has 0 bridgehead atoms. The molecule has 4 rings (SSSR count). The van der Waals surface area contributed by atoms with E-state index in [-0.39, 0.29) is 56.1 Å². The monoisotopic (exact) mass is 662 g/mol. The van der Waals surface area contributed by atoms with Crippen molar-refractivity contribution in [1.29, 1.82) is 0 Å². The van der Waals surface area contributed by atoms with Crippen LogP contribution in [0.2, 0.25) is 0 Å². The Morgan fingerprint density at radius 1 is 0.705 bits per heavy atom. The summed E-state index contributed by atoms with van der Waals surface area (Å²) >= 11 is 0. The van der Waals surface area contributed by atoms with E-state index < -0.39 is 10.1 Å². The van der Waals surface area contributed by atoms with Gasteiger partial charge in [-0.05, 0) is 65.0 Å². The third-order valence-corrected chi connectivity index (χ3v) is 8.41. The van der Waals surface area contributed by atoms with E-state index in [1.165, 1.54) is 12.1 Å². The van der Waals surface area contributed by atoms with Gasteiger partial charge >= 0.3 is 16.8 Å². The van der Waals surface area contributed by atoms with E-state index in [1.54, 1.807) is 36.7 Å². The van der Waals surface area contributed by atoms with Gasteiger partial charge in [0.15, 0.2) is 0 Å². The molecule has 3 aromatic carbocycles. The van der Waals surface area contributed by atoms with Crippen LogP contribution in [0.1, 0.15) is 95.0 Å². The largest absolute Gasteiger partial charge is 3.00 e. The van der Waals surface area contributed by atoms with Gasteiger partial charge in [0.25, 0.3) is 0 Å². The van der Waals surface area contributed by atoms with E-state index in [1.807, 2.05) is 31.2 Å². The summed E-state index contributed by atoms with van der Waals surface area (Å²) in [5, 5.41) is 24.7. The molecule has 9 heteroatoms. The molecule has 0 amide bonds. The number of hydrogen-bond donors (Lipinski definition) is 0. The molecule has 0 heterocycles. The molecule has 0 radical (unpaired) electrons. The minimum atomic E-state index is -4.27. The van der Waals surface area contributed by atoms with Crippen molar-refractivity contribution in [2.75, 3.05) is 0 Å². The number of benzene rings is 3. The predicted molar refractivity (Wildman–Crippen MR) is 170 cm³/mol. The van der Waals surface area contributed by atoms with Crippen molar-refractivity contribution < 1.29 is 40.0 Å². The normalized spacial score (nSPS) is 17.6. The first kappa shape index (κ1) is 37.2. The molecule has 1 aliphatic carbocycles. The Morgan fingerprint density at radius 3 is 1.43 bits per heavy atom. The van der Waals surface area contributed by atoms with E-state index in [4.69, 9.17) is 9.98 Å². The van der Waals surface area contributed by atoms with Crippen LogP contribution in [0, 0.1) is 6.92 Å². The van der Waals surface area contributed by atoms with Crippen LogP contribution in [0.5, 0.6) is 11.5 Å². The van der Waals surface area contributed by atoms with Crippen LogP contribution in [0.4, 0.5) is 0 Å². The summed E-state index contributed by atoms with van der Waals surface area (Å²) < 4.78 is 31.2. The van der Waals surface area contributed by atoms with Gasteiger partial charge in [-0.1, -0.05) is 108 Å². The zero-order valence-corrected chi connectivity index (χ0v) is 28.4. The van der Waals surface area contributed by atoms with Gasteiger partial charge in [-0.2, -0.15) is 0 Å². The first-order valence-corrected chi connectivity index (χ1v) is 16.1. The second-order valence-electron chi connectivity index (χ2n) is 13.2. The van der Waals surface area contributed by atoms with Crippen LogP contribution in [-0.2, 0) is 37.7 Å². The fraction of sp³-hybridized carbons (Fsp3) is 0.429. The van der Waals surface area contributed by atoms with Gasteiger partial charge in [-0.15, -0.1) is 11.5 Å². The molecule has 7 nitrogen and oxygen atoms in total. The molecule has 1 aliphatic rings. The predicted octanol–water partition coefficient (Wildman–Crippen LogP) is 6.17. The SMILES string of the molecule is CC(C)(C)c1ccc([O-])c(C=N[C@@H]2CCCC[C@H]2N=Cc2cc(C(C)(C)C)ccc2[O-])c1.Cc1ccc(S(=O)(=O)[O-])cc1.[Co+3]. The van der Waals surface area contributed by atoms with Crippen molar-refractivity contribution in [2.24, 2.45) is 9.98 Å². The third kappa shape index (κ3) is 10.9. The number of rotatable bonds is 5. The smallest absolute Gasteiger partial charge is 0.872 e. The number of aliphatic imine (C=N–C) groups is 2. The molecule has 44 heavy (non-hydrogen) atoms. The molecule has 0 N–H and O–H groups in total. The standard InChI is InChI=1S/C28H38N2O2.C7H8O3S.Co/c1-27(2,3)21-11-13-25(31)19(15-21)17-29-23-9-7-8-10-24(23)30-18-20-16-22(28(4,5)6)12-14-26(20)32;1-6-2-4-7(5-3-6)11(8,9)10;/h11-18,23-24,31-32H,7-10H2,1-6H3;2-5H,1H3,(H,8,9,10);/q;;+3/p-3/t23-,24-;;/m1../s1. The van der Waals surface area contributed by atoms with E-state index in [2.05, 4.69) is 41.5 Å². The van der Waals surface area contributed by atoms with E-state index in [9.17, 15) is 23.2 Å². The molecule has 1 saturated carbocycles. The maximum Gasteiger partial charge on any atom is 3.00 e. The summed E-state index contributed by atoms with van der Waals surface area (Å²) in [4.78, 5) is 9.41. The summed E-state index contributed by atoms with van der Waals surface area (Å²) in [6.07, 6.45) is 7.56. The number of hydrogen-bond acceptors (Lipinski definition) is 7. The average Bonchev–Trinajstić information content (AvgIpc) is 2.91. The van der Waals surface area contributed by atoms with Crippen molar-refractivity contribution >= 4 is 22.5 Å². The van der Waals surface area contributed by atoms with Crippen molar-refractivity contribution in [3.63, 3.8) is 0 Å². The fourth-order valence-electron chi connectivity index (χ4n) is 4.73. The van der Waals surface area contributed by atoms with Gasteiger partial charge in [0.2, 0.25) is 0 Å². The summed E-state index contributed by atoms with van der Waals surface area (Å²) in [5.41, 5.74) is 4.39. The van der Waals surface area contributed by atoms with Crippen molar-refractivity contribution in [1.82, 2.24) is 0 Å². The molecular weight excluding hydrogens is 619 g/mol. The Balaban J connectivity index is 0.000000475. The first-order chi connectivity index (χ1) is 19.9.